The molecule has 6 nitrogen and oxygen atoms in total. The van der Waals surface area contributed by atoms with E-state index in [0.29, 0.717) is 29.4 Å². The molecule has 0 bridgehead atoms. The third-order valence-corrected chi connectivity index (χ3v) is 6.35. The minimum Gasteiger partial charge on any atom is -0.492 e. The van der Waals surface area contributed by atoms with Gasteiger partial charge in [0.05, 0.1) is 28.8 Å². The van der Waals surface area contributed by atoms with Crippen LogP contribution in [-0.4, -0.2) is 30.7 Å². The number of fused-ring (bicyclic) bond motifs is 6. The lowest BCUT2D eigenvalue weighted by molar-refractivity contribution is -0.139. The molecule has 1 unspecified atom stereocenters. The number of anilines is 1. The largest absolute Gasteiger partial charge is 0.492 e. The monoisotopic (exact) mass is 454 g/mol. The van der Waals surface area contributed by atoms with E-state index >= 15 is 0 Å². The first-order valence-corrected chi connectivity index (χ1v) is 10.4. The van der Waals surface area contributed by atoms with Gasteiger partial charge in [-0.1, -0.05) is 18.2 Å². The van der Waals surface area contributed by atoms with Crippen molar-refractivity contribution in [3.63, 3.8) is 0 Å². The highest BCUT2D eigenvalue weighted by molar-refractivity contribution is 5.81. The van der Waals surface area contributed by atoms with Crippen LogP contribution in [0.25, 0.3) is 0 Å². The Hall–Kier alpha value is -3.75. The van der Waals surface area contributed by atoms with Gasteiger partial charge in [0.1, 0.15) is 12.4 Å². The van der Waals surface area contributed by atoms with Crippen LogP contribution in [0.2, 0.25) is 0 Å². The first-order valence-electron chi connectivity index (χ1n) is 10.4. The van der Waals surface area contributed by atoms with Gasteiger partial charge in [0.15, 0.2) is 18.1 Å². The standard InChI is InChI=1S/C24H17F3N2O4/c25-24(26,27)14-5-3-9-28-16(14)10-29-12-23(15-4-1-2-6-17(15)29)13-32-18-7-8-19-22(21(18)23)33-20(30)11-31-19/h1-9H,10-13H2. The topological polar surface area (TPSA) is 60.9 Å². The van der Waals surface area contributed by atoms with Crippen LogP contribution in [-0.2, 0) is 22.9 Å². The average molecular weight is 454 g/mol. The molecule has 0 saturated heterocycles. The summed E-state index contributed by atoms with van der Waals surface area (Å²) in [6.07, 6.45) is -3.14. The molecule has 6 rings (SSSR count). The number of hydrogen-bond donors (Lipinski definition) is 0. The van der Waals surface area contributed by atoms with Gasteiger partial charge in [-0.3, -0.25) is 4.98 Å². The van der Waals surface area contributed by atoms with Gasteiger partial charge < -0.3 is 19.1 Å². The Labute approximate surface area is 186 Å². The molecule has 1 aromatic heterocycles. The lowest BCUT2D eigenvalue weighted by atomic mass is 9.77. The molecule has 0 fully saturated rings. The number of nitrogens with zero attached hydrogens (tertiary/aromatic N) is 2. The number of para-hydroxylation sites is 1. The van der Waals surface area contributed by atoms with Crippen LogP contribution in [0.15, 0.2) is 54.7 Å². The van der Waals surface area contributed by atoms with Gasteiger partial charge in [-0.15, -0.1) is 0 Å². The minimum absolute atomic E-state index is 0.0326. The van der Waals surface area contributed by atoms with Crippen LogP contribution in [0, 0.1) is 0 Å². The molecule has 4 heterocycles. The first kappa shape index (κ1) is 19.9. The number of hydrogen-bond acceptors (Lipinski definition) is 6. The van der Waals surface area contributed by atoms with E-state index < -0.39 is 23.1 Å². The molecule has 3 aromatic rings. The highest BCUT2D eigenvalue weighted by Gasteiger charge is 2.53. The second kappa shape index (κ2) is 6.87. The molecule has 0 radical (unpaired) electrons. The number of halogens is 3. The maximum Gasteiger partial charge on any atom is 0.418 e. The van der Waals surface area contributed by atoms with E-state index in [0.717, 1.165) is 17.3 Å². The molecular weight excluding hydrogens is 437 g/mol. The van der Waals surface area contributed by atoms with Crippen molar-refractivity contribution in [3.8, 4) is 17.2 Å². The summed E-state index contributed by atoms with van der Waals surface area (Å²) >= 11 is 0. The van der Waals surface area contributed by atoms with E-state index in [4.69, 9.17) is 14.2 Å². The second-order valence-electron chi connectivity index (χ2n) is 8.27. The second-order valence-corrected chi connectivity index (χ2v) is 8.27. The van der Waals surface area contributed by atoms with Crippen LogP contribution in [0.4, 0.5) is 18.9 Å². The molecule has 0 aliphatic carbocycles. The van der Waals surface area contributed by atoms with E-state index in [1.807, 2.05) is 29.2 Å². The highest BCUT2D eigenvalue weighted by Crippen LogP contribution is 2.57. The summed E-state index contributed by atoms with van der Waals surface area (Å²) in [7, 11) is 0. The number of esters is 1. The van der Waals surface area contributed by atoms with E-state index in [1.54, 1.807) is 12.1 Å². The van der Waals surface area contributed by atoms with Gasteiger partial charge in [-0.05, 0) is 35.9 Å². The molecule has 3 aliphatic rings. The van der Waals surface area contributed by atoms with Gasteiger partial charge in [0, 0.05) is 18.4 Å². The lowest BCUT2D eigenvalue weighted by Crippen LogP contribution is -2.37. The lowest BCUT2D eigenvalue weighted by Gasteiger charge is -2.28. The van der Waals surface area contributed by atoms with E-state index in [1.165, 1.54) is 12.3 Å². The summed E-state index contributed by atoms with van der Waals surface area (Å²) in [5.74, 6) is 0.812. The fraction of sp³-hybridized carbons (Fsp3) is 0.250. The number of alkyl halides is 3. The van der Waals surface area contributed by atoms with Gasteiger partial charge in [0.2, 0.25) is 0 Å². The predicted molar refractivity (Wildman–Crippen MR) is 111 cm³/mol. The summed E-state index contributed by atoms with van der Waals surface area (Å²) < 4.78 is 57.9. The predicted octanol–water partition coefficient (Wildman–Crippen LogP) is 4.10. The Kier molecular flexibility index (Phi) is 4.14. The molecule has 9 heteroatoms. The van der Waals surface area contributed by atoms with Crippen molar-refractivity contribution in [1.29, 1.82) is 0 Å². The number of pyridine rings is 1. The summed E-state index contributed by atoms with van der Waals surface area (Å²) in [6, 6.07) is 13.3. The molecule has 2 aromatic carbocycles. The van der Waals surface area contributed by atoms with Gasteiger partial charge in [-0.25, -0.2) is 4.79 Å². The van der Waals surface area contributed by atoms with E-state index in [2.05, 4.69) is 4.98 Å². The fourth-order valence-electron chi connectivity index (χ4n) is 5.02. The van der Waals surface area contributed by atoms with Crippen molar-refractivity contribution in [1.82, 2.24) is 4.98 Å². The van der Waals surface area contributed by atoms with Crippen LogP contribution in [0.1, 0.15) is 22.4 Å². The average Bonchev–Trinajstić information content (AvgIpc) is 3.33. The Morgan fingerprint density at radius 2 is 1.85 bits per heavy atom. The summed E-state index contributed by atoms with van der Waals surface area (Å²) in [4.78, 5) is 17.9. The van der Waals surface area contributed by atoms with Crippen molar-refractivity contribution < 1.29 is 32.2 Å². The van der Waals surface area contributed by atoms with Crippen molar-refractivity contribution in [2.24, 2.45) is 0 Å². The SMILES string of the molecule is O=C1COc2ccc3c(c2O1)C1(CO3)CN(Cc2ncccc2C(F)(F)F)c2ccccc21. The Morgan fingerprint density at radius 3 is 2.70 bits per heavy atom. The first-order chi connectivity index (χ1) is 15.9. The number of aromatic nitrogens is 1. The van der Waals surface area contributed by atoms with Crippen LogP contribution < -0.4 is 19.1 Å². The fourth-order valence-corrected chi connectivity index (χ4v) is 5.02. The maximum atomic E-state index is 13.6. The maximum absolute atomic E-state index is 13.6. The quantitative estimate of drug-likeness (QED) is 0.429. The zero-order valence-corrected chi connectivity index (χ0v) is 17.2. The van der Waals surface area contributed by atoms with Crippen molar-refractivity contribution in [2.75, 3.05) is 24.7 Å². The summed E-state index contributed by atoms with van der Waals surface area (Å²) in [6.45, 7) is 0.386. The number of carbonyl (C=O) groups excluding carboxylic acids is 1. The zero-order chi connectivity index (χ0) is 22.8. The highest BCUT2D eigenvalue weighted by atomic mass is 19.4. The van der Waals surface area contributed by atoms with Crippen LogP contribution >= 0.6 is 0 Å². The Morgan fingerprint density at radius 1 is 1.03 bits per heavy atom. The number of ether oxygens (including phenoxy) is 3. The molecule has 33 heavy (non-hydrogen) atoms. The summed E-state index contributed by atoms with van der Waals surface area (Å²) in [5.41, 5.74) is 0.814. The summed E-state index contributed by atoms with van der Waals surface area (Å²) in [5, 5.41) is 0. The molecule has 0 saturated carbocycles. The normalized spacial score (nSPS) is 20.6. The van der Waals surface area contributed by atoms with Crippen molar-refractivity contribution >= 4 is 11.7 Å². The third kappa shape index (κ3) is 2.95. The number of benzene rings is 2. The van der Waals surface area contributed by atoms with Crippen LogP contribution in [0.5, 0.6) is 17.2 Å². The zero-order valence-electron chi connectivity index (χ0n) is 17.2. The smallest absolute Gasteiger partial charge is 0.418 e. The van der Waals surface area contributed by atoms with Crippen molar-refractivity contribution in [2.45, 2.75) is 18.1 Å². The van der Waals surface area contributed by atoms with Gasteiger partial charge >= 0.3 is 12.1 Å². The molecule has 1 atom stereocenters. The number of rotatable bonds is 2. The van der Waals surface area contributed by atoms with Gasteiger partial charge in [-0.2, -0.15) is 13.2 Å². The molecule has 0 amide bonds. The number of carbonyl (C=O) groups is 1. The van der Waals surface area contributed by atoms with E-state index in [-0.39, 0.29) is 25.5 Å². The third-order valence-electron chi connectivity index (χ3n) is 6.35. The molecule has 1 spiro atoms. The van der Waals surface area contributed by atoms with Crippen LogP contribution in [0.3, 0.4) is 0 Å². The Balaban J connectivity index is 1.47. The van der Waals surface area contributed by atoms with E-state index in [9.17, 15) is 18.0 Å². The molecule has 3 aliphatic heterocycles. The minimum atomic E-state index is -4.51. The van der Waals surface area contributed by atoms with Crippen molar-refractivity contribution in [3.05, 3.63) is 77.1 Å². The molecular formula is C24H17F3N2O4. The molecule has 168 valence electrons. The van der Waals surface area contributed by atoms with Gasteiger partial charge in [0.25, 0.3) is 0 Å². The Bertz CT molecular complexity index is 1290. The molecule has 0 N–H and O–H groups in total.